The molecule has 100 valence electrons. The van der Waals surface area contributed by atoms with Crippen molar-refractivity contribution >= 4 is 21.7 Å². The van der Waals surface area contributed by atoms with Gasteiger partial charge >= 0.3 is 0 Å². The van der Waals surface area contributed by atoms with Crippen LogP contribution in [-0.4, -0.2) is 17.0 Å². The third-order valence-corrected chi connectivity index (χ3v) is 3.16. The summed E-state index contributed by atoms with van der Waals surface area (Å²) in [5.41, 5.74) is 2.01. The molecule has 4 nitrogen and oxygen atoms in total. The van der Waals surface area contributed by atoms with E-state index in [1.165, 1.54) is 0 Å². The Morgan fingerprint density at radius 3 is 2.74 bits per heavy atom. The monoisotopic (exact) mass is 321 g/mol. The van der Waals surface area contributed by atoms with Crippen molar-refractivity contribution in [3.63, 3.8) is 0 Å². The van der Waals surface area contributed by atoms with Crippen LogP contribution in [0.3, 0.4) is 0 Å². The molecule has 0 aliphatic carbocycles. The lowest BCUT2D eigenvalue weighted by Gasteiger charge is -2.10. The molecule has 2 aromatic rings. The summed E-state index contributed by atoms with van der Waals surface area (Å²) in [6.45, 7) is 4.31. The molecule has 0 atom stereocenters. The fourth-order valence-corrected chi connectivity index (χ4v) is 2.03. The Kier molecular flexibility index (Phi) is 4.37. The largest absolute Gasteiger partial charge is 0.485 e. The van der Waals surface area contributed by atoms with Gasteiger partial charge in [-0.15, -0.1) is 0 Å². The number of ether oxygens (including phenoxy) is 1. The molecule has 0 spiro atoms. The van der Waals surface area contributed by atoms with Gasteiger partial charge in [0.25, 0.3) is 0 Å². The maximum atomic E-state index is 5.78. The highest BCUT2D eigenvalue weighted by atomic mass is 79.9. The first kappa shape index (κ1) is 13.8. The van der Waals surface area contributed by atoms with Gasteiger partial charge in [0, 0.05) is 23.3 Å². The van der Waals surface area contributed by atoms with E-state index in [4.69, 9.17) is 4.74 Å². The summed E-state index contributed by atoms with van der Waals surface area (Å²) < 4.78 is 6.77. The van der Waals surface area contributed by atoms with Gasteiger partial charge in [-0.2, -0.15) is 0 Å². The Morgan fingerprint density at radius 2 is 2.00 bits per heavy atom. The molecule has 1 heterocycles. The van der Waals surface area contributed by atoms with Gasteiger partial charge in [0.05, 0.1) is 0 Å². The summed E-state index contributed by atoms with van der Waals surface area (Å²) in [6.07, 6.45) is 0. The zero-order chi connectivity index (χ0) is 13.8. The molecule has 0 radical (unpaired) electrons. The Balaban J connectivity index is 2.14. The SMILES string of the molecule is CNc1cc(C)nc(COc2cc(Br)ccc2C)n1. The summed E-state index contributed by atoms with van der Waals surface area (Å²) in [4.78, 5) is 8.72. The van der Waals surface area contributed by atoms with Gasteiger partial charge in [0.15, 0.2) is 5.82 Å². The van der Waals surface area contributed by atoms with Crippen LogP contribution < -0.4 is 10.1 Å². The van der Waals surface area contributed by atoms with Gasteiger partial charge in [-0.1, -0.05) is 22.0 Å². The molecule has 1 N–H and O–H groups in total. The maximum absolute atomic E-state index is 5.78. The minimum Gasteiger partial charge on any atom is -0.485 e. The minimum atomic E-state index is 0.355. The first-order valence-electron chi connectivity index (χ1n) is 6.00. The fraction of sp³-hybridized carbons (Fsp3) is 0.286. The van der Waals surface area contributed by atoms with Gasteiger partial charge < -0.3 is 10.1 Å². The average Bonchev–Trinajstić information content (AvgIpc) is 2.39. The Labute approximate surface area is 121 Å². The summed E-state index contributed by atoms with van der Waals surface area (Å²) in [7, 11) is 1.84. The molecule has 0 unspecified atom stereocenters. The molecule has 0 amide bonds. The molecule has 2 rings (SSSR count). The quantitative estimate of drug-likeness (QED) is 0.936. The number of rotatable bonds is 4. The molecule has 5 heteroatoms. The van der Waals surface area contributed by atoms with Gasteiger partial charge in [-0.25, -0.2) is 9.97 Å². The molecular formula is C14H16BrN3O. The van der Waals surface area contributed by atoms with Crippen LogP contribution in [0.2, 0.25) is 0 Å². The van der Waals surface area contributed by atoms with Crippen LogP contribution in [0, 0.1) is 13.8 Å². The molecule has 0 aliphatic rings. The van der Waals surface area contributed by atoms with Crippen molar-refractivity contribution in [2.75, 3.05) is 12.4 Å². The van der Waals surface area contributed by atoms with Crippen molar-refractivity contribution < 1.29 is 4.74 Å². The van der Waals surface area contributed by atoms with Crippen LogP contribution >= 0.6 is 15.9 Å². The van der Waals surface area contributed by atoms with Gasteiger partial charge in [0.2, 0.25) is 0 Å². The Hall–Kier alpha value is -1.62. The predicted octanol–water partition coefficient (Wildman–Crippen LogP) is 3.48. The van der Waals surface area contributed by atoms with Crippen LogP contribution in [0.4, 0.5) is 5.82 Å². The van der Waals surface area contributed by atoms with Gasteiger partial charge in [-0.05, 0) is 31.5 Å². The number of nitrogens with zero attached hydrogens (tertiary/aromatic N) is 2. The van der Waals surface area contributed by atoms with Crippen LogP contribution in [0.15, 0.2) is 28.7 Å². The first-order valence-corrected chi connectivity index (χ1v) is 6.79. The Bertz CT molecular complexity index is 587. The van der Waals surface area contributed by atoms with E-state index in [1.807, 2.05) is 45.2 Å². The third kappa shape index (κ3) is 3.67. The molecule has 0 saturated heterocycles. The van der Waals surface area contributed by atoms with E-state index in [0.717, 1.165) is 27.3 Å². The number of benzene rings is 1. The smallest absolute Gasteiger partial charge is 0.168 e. The van der Waals surface area contributed by atoms with E-state index in [2.05, 4.69) is 31.2 Å². The fourth-order valence-electron chi connectivity index (χ4n) is 1.69. The molecule has 0 aliphatic heterocycles. The highest BCUT2D eigenvalue weighted by Gasteiger charge is 2.05. The van der Waals surface area contributed by atoms with E-state index < -0.39 is 0 Å². The summed E-state index contributed by atoms with van der Waals surface area (Å²) >= 11 is 3.44. The van der Waals surface area contributed by atoms with Crippen LogP contribution in [-0.2, 0) is 6.61 Å². The van der Waals surface area contributed by atoms with Gasteiger partial charge in [0.1, 0.15) is 18.2 Å². The molecule has 0 bridgehead atoms. The van der Waals surface area contributed by atoms with Crippen molar-refractivity contribution in [2.24, 2.45) is 0 Å². The lowest BCUT2D eigenvalue weighted by molar-refractivity contribution is 0.293. The van der Waals surface area contributed by atoms with E-state index in [-0.39, 0.29) is 0 Å². The Morgan fingerprint density at radius 1 is 1.21 bits per heavy atom. The highest BCUT2D eigenvalue weighted by molar-refractivity contribution is 9.10. The highest BCUT2D eigenvalue weighted by Crippen LogP contribution is 2.23. The van der Waals surface area contributed by atoms with E-state index >= 15 is 0 Å². The first-order chi connectivity index (χ1) is 9.08. The number of aromatic nitrogens is 2. The third-order valence-electron chi connectivity index (χ3n) is 2.66. The van der Waals surface area contributed by atoms with Crippen LogP contribution in [0.5, 0.6) is 5.75 Å². The van der Waals surface area contributed by atoms with Crippen molar-refractivity contribution in [1.29, 1.82) is 0 Å². The molecule has 19 heavy (non-hydrogen) atoms. The maximum Gasteiger partial charge on any atom is 0.168 e. The van der Waals surface area contributed by atoms with Crippen LogP contribution in [0.1, 0.15) is 17.1 Å². The zero-order valence-corrected chi connectivity index (χ0v) is 12.8. The number of aryl methyl sites for hydroxylation is 2. The second kappa shape index (κ2) is 6.02. The number of hydrogen-bond acceptors (Lipinski definition) is 4. The lowest BCUT2D eigenvalue weighted by atomic mass is 10.2. The molecule has 1 aromatic heterocycles. The minimum absolute atomic E-state index is 0.355. The van der Waals surface area contributed by atoms with Crippen molar-refractivity contribution in [3.8, 4) is 5.75 Å². The van der Waals surface area contributed by atoms with Crippen molar-refractivity contribution in [2.45, 2.75) is 20.5 Å². The summed E-state index contributed by atoms with van der Waals surface area (Å²) in [5.74, 6) is 2.31. The molecule has 1 aromatic carbocycles. The van der Waals surface area contributed by atoms with Crippen LogP contribution in [0.25, 0.3) is 0 Å². The van der Waals surface area contributed by atoms with E-state index in [0.29, 0.717) is 12.4 Å². The zero-order valence-electron chi connectivity index (χ0n) is 11.2. The number of hydrogen-bond donors (Lipinski definition) is 1. The topological polar surface area (TPSA) is 47.0 Å². The summed E-state index contributed by atoms with van der Waals surface area (Å²) in [5, 5.41) is 3.01. The number of halogens is 1. The molecular weight excluding hydrogens is 306 g/mol. The number of anilines is 1. The van der Waals surface area contributed by atoms with Crippen molar-refractivity contribution in [3.05, 3.63) is 45.8 Å². The molecule has 0 fully saturated rings. The predicted molar refractivity (Wildman–Crippen MR) is 79.5 cm³/mol. The average molecular weight is 322 g/mol. The summed E-state index contributed by atoms with van der Waals surface area (Å²) in [6, 6.07) is 7.85. The number of nitrogens with one attached hydrogen (secondary N) is 1. The second-order valence-electron chi connectivity index (χ2n) is 4.26. The lowest BCUT2D eigenvalue weighted by Crippen LogP contribution is -2.06. The van der Waals surface area contributed by atoms with Crippen molar-refractivity contribution in [1.82, 2.24) is 9.97 Å². The van der Waals surface area contributed by atoms with E-state index in [1.54, 1.807) is 0 Å². The van der Waals surface area contributed by atoms with E-state index in [9.17, 15) is 0 Å². The molecule has 0 saturated carbocycles. The normalized spacial score (nSPS) is 10.3. The standard InChI is InChI=1S/C14H16BrN3O/c1-9-4-5-11(15)7-12(9)19-8-14-17-10(2)6-13(16-3)18-14/h4-7H,8H2,1-3H3,(H,16,17,18). The second-order valence-corrected chi connectivity index (χ2v) is 5.17. The van der Waals surface area contributed by atoms with Gasteiger partial charge in [-0.3, -0.25) is 0 Å².